The summed E-state index contributed by atoms with van der Waals surface area (Å²) < 4.78 is 1.78. The molecular weight excluding hydrogens is 412 g/mol. The molecule has 0 bridgehead atoms. The van der Waals surface area contributed by atoms with Crippen LogP contribution in [-0.2, 0) is 0 Å². The molecule has 0 radical (unpaired) electrons. The van der Waals surface area contributed by atoms with Crippen molar-refractivity contribution in [3.63, 3.8) is 0 Å². The molecular formula is C23H21ClN6O. The minimum absolute atomic E-state index is 0.0268. The lowest BCUT2D eigenvalue weighted by molar-refractivity contribution is 0.0767. The predicted octanol–water partition coefficient (Wildman–Crippen LogP) is 3.80. The first kappa shape index (κ1) is 19.5. The van der Waals surface area contributed by atoms with Crippen LogP contribution in [0.15, 0.2) is 66.7 Å². The molecule has 31 heavy (non-hydrogen) atoms. The van der Waals surface area contributed by atoms with Crippen LogP contribution in [0.1, 0.15) is 16.8 Å². The summed E-state index contributed by atoms with van der Waals surface area (Å²) in [7, 11) is 0. The van der Waals surface area contributed by atoms with E-state index in [4.69, 9.17) is 16.7 Å². The number of carbonyl (C=O) groups is 1. The van der Waals surface area contributed by atoms with E-state index in [1.54, 1.807) is 16.6 Å². The van der Waals surface area contributed by atoms with Gasteiger partial charge in [-0.05, 0) is 30.7 Å². The van der Waals surface area contributed by atoms with Crippen molar-refractivity contribution in [2.24, 2.45) is 0 Å². The number of anilines is 1. The van der Waals surface area contributed by atoms with E-state index >= 15 is 0 Å². The fraction of sp³-hybridized carbons (Fsp3) is 0.217. The lowest BCUT2D eigenvalue weighted by Gasteiger charge is -2.23. The second-order valence-electron chi connectivity index (χ2n) is 7.46. The first-order valence-corrected chi connectivity index (χ1v) is 10.6. The van der Waals surface area contributed by atoms with Gasteiger partial charge in [0.2, 0.25) is 0 Å². The smallest absolute Gasteiger partial charge is 0.255 e. The third kappa shape index (κ3) is 3.84. The van der Waals surface area contributed by atoms with Gasteiger partial charge in [0.1, 0.15) is 5.82 Å². The number of amides is 1. The van der Waals surface area contributed by atoms with Gasteiger partial charge in [0, 0.05) is 31.7 Å². The van der Waals surface area contributed by atoms with Crippen LogP contribution >= 0.6 is 11.6 Å². The molecule has 3 heterocycles. The van der Waals surface area contributed by atoms with Crippen molar-refractivity contribution in [3.8, 4) is 11.4 Å². The Morgan fingerprint density at radius 3 is 2.48 bits per heavy atom. The molecule has 7 nitrogen and oxygen atoms in total. The zero-order valence-electron chi connectivity index (χ0n) is 16.9. The average Bonchev–Trinajstić information content (AvgIpc) is 3.07. The van der Waals surface area contributed by atoms with E-state index in [1.165, 1.54) is 0 Å². The lowest BCUT2D eigenvalue weighted by Crippen LogP contribution is -2.35. The van der Waals surface area contributed by atoms with Gasteiger partial charge in [-0.1, -0.05) is 54.1 Å². The number of benzene rings is 2. The number of halogens is 1. The Bertz CT molecular complexity index is 1230. The number of fused-ring (bicyclic) bond motifs is 1. The fourth-order valence-electron chi connectivity index (χ4n) is 3.87. The maximum absolute atomic E-state index is 12.9. The van der Waals surface area contributed by atoms with Gasteiger partial charge in [-0.2, -0.15) is 4.52 Å². The third-order valence-electron chi connectivity index (χ3n) is 5.49. The topological polar surface area (TPSA) is 66.6 Å². The van der Waals surface area contributed by atoms with E-state index in [2.05, 4.69) is 15.1 Å². The van der Waals surface area contributed by atoms with E-state index in [0.29, 0.717) is 41.7 Å². The molecule has 1 amide bonds. The zero-order valence-corrected chi connectivity index (χ0v) is 17.6. The molecule has 0 N–H and O–H groups in total. The van der Waals surface area contributed by atoms with Crippen LogP contribution in [0.4, 0.5) is 5.82 Å². The van der Waals surface area contributed by atoms with Crippen LogP contribution in [0.2, 0.25) is 5.02 Å². The lowest BCUT2D eigenvalue weighted by atomic mass is 10.2. The quantitative estimate of drug-likeness (QED) is 0.492. The van der Waals surface area contributed by atoms with Crippen molar-refractivity contribution in [3.05, 3.63) is 77.3 Å². The summed E-state index contributed by atoms with van der Waals surface area (Å²) in [5.74, 6) is 1.53. The van der Waals surface area contributed by atoms with Gasteiger partial charge in [-0.15, -0.1) is 15.3 Å². The first-order valence-electron chi connectivity index (χ1n) is 10.3. The fourth-order valence-corrected chi connectivity index (χ4v) is 4.09. The molecule has 8 heteroatoms. The minimum atomic E-state index is -0.0268. The van der Waals surface area contributed by atoms with E-state index in [-0.39, 0.29) is 5.91 Å². The standard InChI is InChI=1S/C23H21ClN6O/c24-19-10-5-4-9-18(19)23(31)29-14-6-13-28(15-16-29)21-12-11-20-25-26-22(30(20)27-21)17-7-2-1-3-8-17/h1-5,7-12H,6,13-16H2. The van der Waals surface area contributed by atoms with Crippen molar-refractivity contribution in [1.29, 1.82) is 0 Å². The van der Waals surface area contributed by atoms with Gasteiger partial charge >= 0.3 is 0 Å². The number of carbonyl (C=O) groups excluding carboxylic acids is 1. The number of nitrogens with zero attached hydrogens (tertiary/aromatic N) is 6. The molecule has 0 unspecified atom stereocenters. The highest BCUT2D eigenvalue weighted by Crippen LogP contribution is 2.22. The largest absolute Gasteiger partial charge is 0.353 e. The maximum Gasteiger partial charge on any atom is 0.255 e. The van der Waals surface area contributed by atoms with Gasteiger partial charge in [-0.3, -0.25) is 4.79 Å². The Balaban J connectivity index is 1.38. The molecule has 5 rings (SSSR count). The summed E-state index contributed by atoms with van der Waals surface area (Å²) in [4.78, 5) is 17.0. The summed E-state index contributed by atoms with van der Waals surface area (Å²) in [5.41, 5.74) is 2.22. The molecule has 1 aliphatic heterocycles. The summed E-state index contributed by atoms with van der Waals surface area (Å²) in [5, 5.41) is 13.9. The minimum Gasteiger partial charge on any atom is -0.353 e. The summed E-state index contributed by atoms with van der Waals surface area (Å²) in [6, 6.07) is 21.0. The Labute approximate surface area is 184 Å². The monoisotopic (exact) mass is 432 g/mol. The highest BCUT2D eigenvalue weighted by atomic mass is 35.5. The second-order valence-corrected chi connectivity index (χ2v) is 7.87. The number of rotatable bonds is 3. The van der Waals surface area contributed by atoms with E-state index in [0.717, 1.165) is 24.3 Å². The molecule has 0 aliphatic carbocycles. The average molecular weight is 433 g/mol. The molecule has 1 fully saturated rings. The van der Waals surface area contributed by atoms with Crippen molar-refractivity contribution in [1.82, 2.24) is 24.7 Å². The van der Waals surface area contributed by atoms with Crippen LogP contribution in [0.3, 0.4) is 0 Å². The Morgan fingerprint density at radius 1 is 0.839 bits per heavy atom. The maximum atomic E-state index is 12.9. The van der Waals surface area contributed by atoms with Crippen molar-refractivity contribution >= 4 is 29.0 Å². The summed E-state index contributed by atoms with van der Waals surface area (Å²) in [6.45, 7) is 2.80. The Kier molecular flexibility index (Phi) is 5.26. The highest BCUT2D eigenvalue weighted by molar-refractivity contribution is 6.33. The Hall–Kier alpha value is -3.45. The molecule has 156 valence electrons. The molecule has 2 aromatic carbocycles. The number of aromatic nitrogens is 4. The predicted molar refractivity (Wildman–Crippen MR) is 120 cm³/mol. The van der Waals surface area contributed by atoms with Crippen molar-refractivity contribution in [2.45, 2.75) is 6.42 Å². The molecule has 4 aromatic rings. The zero-order chi connectivity index (χ0) is 21.2. The van der Waals surface area contributed by atoms with Crippen LogP contribution in [0.5, 0.6) is 0 Å². The molecule has 1 saturated heterocycles. The summed E-state index contributed by atoms with van der Waals surface area (Å²) >= 11 is 6.23. The van der Waals surface area contributed by atoms with E-state index in [9.17, 15) is 4.79 Å². The molecule has 2 aromatic heterocycles. The van der Waals surface area contributed by atoms with Gasteiger partial charge in [0.15, 0.2) is 11.5 Å². The van der Waals surface area contributed by atoms with E-state index in [1.807, 2.05) is 59.5 Å². The van der Waals surface area contributed by atoms with Crippen LogP contribution in [0.25, 0.3) is 17.0 Å². The molecule has 1 aliphatic rings. The highest BCUT2D eigenvalue weighted by Gasteiger charge is 2.23. The van der Waals surface area contributed by atoms with Gasteiger partial charge in [0.25, 0.3) is 5.91 Å². The van der Waals surface area contributed by atoms with Gasteiger partial charge in [-0.25, -0.2) is 0 Å². The summed E-state index contributed by atoms with van der Waals surface area (Å²) in [6.07, 6.45) is 0.851. The van der Waals surface area contributed by atoms with Crippen LogP contribution in [-0.4, -0.2) is 56.8 Å². The Morgan fingerprint density at radius 2 is 1.65 bits per heavy atom. The van der Waals surface area contributed by atoms with Gasteiger partial charge < -0.3 is 9.80 Å². The van der Waals surface area contributed by atoms with Crippen molar-refractivity contribution in [2.75, 3.05) is 31.1 Å². The second kappa shape index (κ2) is 8.35. The van der Waals surface area contributed by atoms with Gasteiger partial charge in [0.05, 0.1) is 10.6 Å². The van der Waals surface area contributed by atoms with Crippen molar-refractivity contribution < 1.29 is 4.79 Å². The SMILES string of the molecule is O=C(c1ccccc1Cl)N1CCCN(c2ccc3nnc(-c4ccccc4)n3n2)CC1. The first-order chi connectivity index (χ1) is 15.2. The number of hydrogen-bond acceptors (Lipinski definition) is 5. The van der Waals surface area contributed by atoms with Crippen LogP contribution in [0, 0.1) is 0 Å². The number of hydrogen-bond donors (Lipinski definition) is 0. The normalized spacial score (nSPS) is 14.6. The molecule has 0 atom stereocenters. The third-order valence-corrected chi connectivity index (χ3v) is 5.82. The van der Waals surface area contributed by atoms with Crippen LogP contribution < -0.4 is 4.90 Å². The molecule has 0 saturated carbocycles. The van der Waals surface area contributed by atoms with E-state index < -0.39 is 0 Å². The molecule has 0 spiro atoms.